The molecule has 0 amide bonds. The highest BCUT2D eigenvalue weighted by Crippen LogP contribution is 2.18. The van der Waals surface area contributed by atoms with Gasteiger partial charge in [-0.1, -0.05) is 37.8 Å². The zero-order valence-corrected chi connectivity index (χ0v) is 13.0. The first-order valence-corrected chi connectivity index (χ1v) is 8.37. The molecule has 0 saturated carbocycles. The van der Waals surface area contributed by atoms with Crippen LogP contribution in [-0.4, -0.2) is 25.4 Å². The molecule has 2 rings (SSSR count). The lowest BCUT2D eigenvalue weighted by atomic mass is 10.0. The van der Waals surface area contributed by atoms with Crippen LogP contribution in [0.3, 0.4) is 0 Å². The molecule has 1 aromatic carbocycles. The van der Waals surface area contributed by atoms with E-state index in [9.17, 15) is 0 Å². The number of hydrogen-bond donors (Lipinski definition) is 1. The fraction of sp³-hybridized carbons (Fsp3) is 0.611. The molecule has 0 unspecified atom stereocenters. The molecule has 0 aliphatic carbocycles. The lowest BCUT2D eigenvalue weighted by Crippen LogP contribution is -2.07. The molecular formula is C18H28N2O. The van der Waals surface area contributed by atoms with E-state index in [0.717, 1.165) is 25.1 Å². The number of nitrogens with two attached hydrogens (primary N) is 1. The number of nitrogens with zero attached hydrogens (tertiary/aromatic N) is 1. The fourth-order valence-corrected chi connectivity index (χ4v) is 2.68. The van der Waals surface area contributed by atoms with Crippen molar-refractivity contribution >= 4 is 5.71 Å². The number of rotatable bonds is 5. The van der Waals surface area contributed by atoms with E-state index >= 15 is 0 Å². The van der Waals surface area contributed by atoms with E-state index in [1.807, 2.05) is 6.07 Å². The Bertz CT molecular complexity index is 443. The van der Waals surface area contributed by atoms with Crippen molar-refractivity contribution < 1.29 is 4.74 Å². The lowest BCUT2D eigenvalue weighted by molar-refractivity contribution is 0.313. The van der Waals surface area contributed by atoms with Gasteiger partial charge in [0.2, 0.25) is 0 Å². The first-order valence-electron chi connectivity index (χ1n) is 8.37. The van der Waals surface area contributed by atoms with Gasteiger partial charge >= 0.3 is 0 Å². The molecule has 0 saturated heterocycles. The van der Waals surface area contributed by atoms with Crippen LogP contribution in [0.4, 0.5) is 0 Å². The Labute approximate surface area is 128 Å². The molecule has 3 nitrogen and oxygen atoms in total. The smallest absolute Gasteiger partial charge is 0.119 e. The molecule has 21 heavy (non-hydrogen) atoms. The Morgan fingerprint density at radius 3 is 2.71 bits per heavy atom. The molecule has 1 aromatic rings. The Morgan fingerprint density at radius 1 is 1.05 bits per heavy atom. The zero-order valence-electron chi connectivity index (χ0n) is 13.0. The predicted molar refractivity (Wildman–Crippen MR) is 89.3 cm³/mol. The third-order valence-electron chi connectivity index (χ3n) is 3.91. The monoisotopic (exact) mass is 288 g/mol. The molecule has 0 spiro atoms. The first kappa shape index (κ1) is 16.0. The number of ether oxygens (including phenoxy) is 1. The van der Waals surface area contributed by atoms with Gasteiger partial charge in [-0.3, -0.25) is 4.99 Å². The van der Waals surface area contributed by atoms with Crippen LogP contribution in [-0.2, 0) is 0 Å². The summed E-state index contributed by atoms with van der Waals surface area (Å²) in [5.74, 6) is 0.931. The van der Waals surface area contributed by atoms with Crippen molar-refractivity contribution in [2.45, 2.75) is 51.4 Å². The molecule has 2 N–H and O–H groups in total. The van der Waals surface area contributed by atoms with Crippen molar-refractivity contribution in [1.29, 1.82) is 0 Å². The highest BCUT2D eigenvalue weighted by molar-refractivity contribution is 6.00. The Kier molecular flexibility index (Phi) is 7.30. The van der Waals surface area contributed by atoms with E-state index in [1.54, 1.807) is 0 Å². The van der Waals surface area contributed by atoms with Crippen LogP contribution < -0.4 is 10.5 Å². The molecule has 1 aliphatic heterocycles. The maximum Gasteiger partial charge on any atom is 0.119 e. The third kappa shape index (κ3) is 5.88. The van der Waals surface area contributed by atoms with E-state index in [2.05, 4.69) is 18.2 Å². The molecule has 0 bridgehead atoms. The van der Waals surface area contributed by atoms with Gasteiger partial charge < -0.3 is 10.5 Å². The van der Waals surface area contributed by atoms with Gasteiger partial charge in [0.15, 0.2) is 0 Å². The minimum Gasteiger partial charge on any atom is -0.494 e. The third-order valence-corrected chi connectivity index (χ3v) is 3.91. The van der Waals surface area contributed by atoms with Crippen molar-refractivity contribution in [2.75, 3.05) is 19.7 Å². The van der Waals surface area contributed by atoms with E-state index < -0.39 is 0 Å². The quantitative estimate of drug-likeness (QED) is 0.834. The van der Waals surface area contributed by atoms with Gasteiger partial charge in [0.25, 0.3) is 0 Å². The standard InChI is InChI=1S/C18H28N2O/c19-12-8-14-21-17-10-7-9-16(15-17)18-11-5-3-1-2-4-6-13-20-18/h7,9-10,15H,1-6,8,11-14,19H2. The van der Waals surface area contributed by atoms with Crippen molar-refractivity contribution in [3.8, 4) is 5.75 Å². The van der Waals surface area contributed by atoms with E-state index in [0.29, 0.717) is 13.2 Å². The molecule has 0 fully saturated rings. The summed E-state index contributed by atoms with van der Waals surface area (Å²) < 4.78 is 5.74. The second kappa shape index (κ2) is 9.56. The number of benzene rings is 1. The molecule has 116 valence electrons. The molecule has 3 heteroatoms. The summed E-state index contributed by atoms with van der Waals surface area (Å²) in [5, 5.41) is 0. The average molecular weight is 288 g/mol. The van der Waals surface area contributed by atoms with E-state index in [4.69, 9.17) is 15.5 Å². The minimum atomic E-state index is 0.673. The van der Waals surface area contributed by atoms with Crippen LogP contribution in [0.2, 0.25) is 0 Å². The topological polar surface area (TPSA) is 47.6 Å². The summed E-state index contributed by atoms with van der Waals surface area (Å²) in [6.45, 7) is 2.33. The van der Waals surface area contributed by atoms with Crippen LogP contribution in [0.15, 0.2) is 29.3 Å². The molecule has 0 atom stereocenters. The Balaban J connectivity index is 2.02. The van der Waals surface area contributed by atoms with E-state index in [-0.39, 0.29) is 0 Å². The van der Waals surface area contributed by atoms with Gasteiger partial charge in [-0.2, -0.15) is 0 Å². The largest absolute Gasteiger partial charge is 0.494 e. The summed E-state index contributed by atoms with van der Waals surface area (Å²) >= 11 is 0. The lowest BCUT2D eigenvalue weighted by Gasteiger charge is -2.12. The normalized spacial score (nSPS) is 17.1. The minimum absolute atomic E-state index is 0.673. The predicted octanol–water partition coefficient (Wildman–Crippen LogP) is 3.95. The SMILES string of the molecule is NCCCOc1cccc(C2=NCCCCCCCC2)c1. The van der Waals surface area contributed by atoms with Crippen molar-refractivity contribution in [2.24, 2.45) is 10.7 Å². The van der Waals surface area contributed by atoms with Crippen LogP contribution in [0.5, 0.6) is 5.75 Å². The second-order valence-corrected chi connectivity index (χ2v) is 5.72. The van der Waals surface area contributed by atoms with Crippen molar-refractivity contribution in [3.05, 3.63) is 29.8 Å². The van der Waals surface area contributed by atoms with Crippen LogP contribution in [0.25, 0.3) is 0 Å². The molecule has 1 heterocycles. The van der Waals surface area contributed by atoms with Gasteiger partial charge in [-0.25, -0.2) is 0 Å². The molecule has 0 radical (unpaired) electrons. The number of aliphatic imine (C=N–C) groups is 1. The van der Waals surface area contributed by atoms with Crippen LogP contribution in [0, 0.1) is 0 Å². The summed E-state index contributed by atoms with van der Waals surface area (Å²) in [6.07, 6.45) is 9.83. The summed E-state index contributed by atoms with van der Waals surface area (Å²) in [4.78, 5) is 4.83. The van der Waals surface area contributed by atoms with Crippen LogP contribution in [0.1, 0.15) is 56.9 Å². The van der Waals surface area contributed by atoms with Crippen molar-refractivity contribution in [1.82, 2.24) is 0 Å². The van der Waals surface area contributed by atoms with Gasteiger partial charge in [-0.05, 0) is 49.9 Å². The summed E-state index contributed by atoms with van der Waals surface area (Å²) in [6, 6.07) is 8.36. The van der Waals surface area contributed by atoms with Gasteiger partial charge in [0.05, 0.1) is 6.61 Å². The Hall–Kier alpha value is -1.35. The number of hydrogen-bond acceptors (Lipinski definition) is 3. The average Bonchev–Trinajstić information content (AvgIpc) is 2.53. The van der Waals surface area contributed by atoms with Gasteiger partial charge in [0, 0.05) is 12.3 Å². The molecule has 1 aliphatic rings. The first-order chi connectivity index (χ1) is 10.4. The van der Waals surface area contributed by atoms with Crippen molar-refractivity contribution in [3.63, 3.8) is 0 Å². The zero-order chi connectivity index (χ0) is 14.8. The molecule has 0 aromatic heterocycles. The van der Waals surface area contributed by atoms with Gasteiger partial charge in [-0.15, -0.1) is 0 Å². The Morgan fingerprint density at radius 2 is 1.86 bits per heavy atom. The summed E-state index contributed by atoms with van der Waals surface area (Å²) in [7, 11) is 0. The van der Waals surface area contributed by atoms with E-state index in [1.165, 1.54) is 49.8 Å². The maximum absolute atomic E-state index is 5.74. The van der Waals surface area contributed by atoms with Crippen LogP contribution >= 0.6 is 0 Å². The molecular weight excluding hydrogens is 260 g/mol. The fourth-order valence-electron chi connectivity index (χ4n) is 2.68. The second-order valence-electron chi connectivity index (χ2n) is 5.72. The highest BCUT2D eigenvalue weighted by atomic mass is 16.5. The van der Waals surface area contributed by atoms with Gasteiger partial charge in [0.1, 0.15) is 5.75 Å². The summed E-state index contributed by atoms with van der Waals surface area (Å²) in [5.41, 5.74) is 7.97. The maximum atomic E-state index is 5.74. The highest BCUT2D eigenvalue weighted by Gasteiger charge is 2.06.